The Balaban J connectivity index is 0.000000214. The zero-order chi connectivity index (χ0) is 38.9. The normalized spacial score (nSPS) is 11.4. The van der Waals surface area contributed by atoms with Crippen LogP contribution in [0.5, 0.6) is 0 Å². The summed E-state index contributed by atoms with van der Waals surface area (Å²) in [6.45, 7) is 3.03. The first-order chi connectivity index (χ1) is 24.3. The molecule has 0 spiro atoms. The second-order valence-corrected chi connectivity index (χ2v) is 9.74. The lowest BCUT2D eigenvalue weighted by Crippen LogP contribution is -2.14. The van der Waals surface area contributed by atoms with Gasteiger partial charge in [-0.05, 0) is 38.1 Å². The summed E-state index contributed by atoms with van der Waals surface area (Å²) < 4.78 is 124. The number of ether oxygens (including phenoxy) is 2. The first kappa shape index (κ1) is 40.3. The number of carboxylic acids is 1. The summed E-state index contributed by atoms with van der Waals surface area (Å²) in [6, 6.07) is 16.2. The number of nitrogens with one attached hydrogen (secondary N) is 1. The minimum Gasteiger partial charge on any atom is -0.478 e. The number of carbonyl (C=O) groups is 3. The first-order valence-corrected chi connectivity index (χ1v) is 14.4. The van der Waals surface area contributed by atoms with E-state index in [2.05, 4.69) is 24.8 Å². The zero-order valence-corrected chi connectivity index (χ0v) is 26.5. The highest BCUT2D eigenvalue weighted by Gasteiger charge is 2.41. The standard InChI is InChI=1S/C13H11F3N2O2.C11H7F3N2O2.C7H7F3N2O2/c1-2-20-12(19)10-8-18(9-6-4-3-5-7-9)17-11(10)13(14,15)16;12-11(13,14)9-8(10(17)18)6-16(15-9)7-4-2-1-3-5-7;1-2-14-6(13)4-3-11-12-5(4)7(8,9)10/h3-8H,2H2,1H3;1-6H,(H,17,18);3H,2H2,1H3,(H,11,12). The maximum Gasteiger partial charge on any atom is 0.436 e. The molecular formula is C31H25F9N6O6. The van der Waals surface area contributed by atoms with E-state index in [4.69, 9.17) is 5.11 Å². The summed E-state index contributed by atoms with van der Waals surface area (Å²) in [6.07, 6.45) is -11.5. The van der Waals surface area contributed by atoms with Crippen molar-refractivity contribution in [3.8, 4) is 11.4 Å². The molecule has 0 amide bonds. The Kier molecular flexibility index (Phi) is 12.9. The van der Waals surface area contributed by atoms with Crippen LogP contribution < -0.4 is 0 Å². The molecule has 0 radical (unpaired) electrons. The van der Waals surface area contributed by atoms with Gasteiger partial charge in [0, 0.05) is 12.4 Å². The molecule has 278 valence electrons. The van der Waals surface area contributed by atoms with E-state index in [9.17, 15) is 53.9 Å². The Bertz CT molecular complexity index is 1950. The van der Waals surface area contributed by atoms with Crippen LogP contribution in [0.1, 0.15) is 62.0 Å². The molecule has 5 rings (SSSR count). The number of alkyl halides is 9. The van der Waals surface area contributed by atoms with E-state index in [-0.39, 0.29) is 13.2 Å². The number of esters is 2. The summed E-state index contributed by atoms with van der Waals surface area (Å²) in [5.41, 5.74) is -5.12. The van der Waals surface area contributed by atoms with E-state index >= 15 is 0 Å². The lowest BCUT2D eigenvalue weighted by atomic mass is 10.2. The Morgan fingerprint density at radius 1 is 0.654 bits per heavy atom. The minimum absolute atomic E-state index is 0.00729. The van der Waals surface area contributed by atoms with E-state index < -0.39 is 70.2 Å². The molecule has 0 aliphatic carbocycles. The van der Waals surface area contributed by atoms with E-state index in [1.54, 1.807) is 53.6 Å². The summed E-state index contributed by atoms with van der Waals surface area (Å²) >= 11 is 0. The molecule has 3 heterocycles. The highest BCUT2D eigenvalue weighted by atomic mass is 19.4. The van der Waals surface area contributed by atoms with Crippen molar-refractivity contribution in [1.29, 1.82) is 0 Å². The van der Waals surface area contributed by atoms with E-state index in [1.165, 1.54) is 26.0 Å². The van der Waals surface area contributed by atoms with Gasteiger partial charge in [-0.1, -0.05) is 36.4 Å². The van der Waals surface area contributed by atoms with Crippen LogP contribution in [0.4, 0.5) is 39.5 Å². The topological polar surface area (TPSA) is 154 Å². The molecule has 0 fully saturated rings. The number of carboxylic acid groups (broad SMARTS) is 1. The second kappa shape index (κ2) is 16.7. The van der Waals surface area contributed by atoms with Crippen LogP contribution in [0, 0.1) is 0 Å². The van der Waals surface area contributed by atoms with Gasteiger partial charge < -0.3 is 14.6 Å². The molecule has 0 aliphatic heterocycles. The summed E-state index contributed by atoms with van der Waals surface area (Å²) in [7, 11) is 0. The van der Waals surface area contributed by atoms with Crippen LogP contribution in [0.25, 0.3) is 11.4 Å². The lowest BCUT2D eigenvalue weighted by Gasteiger charge is -2.05. The van der Waals surface area contributed by atoms with Gasteiger partial charge in [0.1, 0.15) is 16.7 Å². The molecule has 0 atom stereocenters. The number of hydrogen-bond donors (Lipinski definition) is 2. The molecule has 0 saturated carbocycles. The monoisotopic (exact) mass is 748 g/mol. The van der Waals surface area contributed by atoms with Gasteiger partial charge in [-0.3, -0.25) is 5.10 Å². The van der Waals surface area contributed by atoms with E-state index in [1.807, 2.05) is 0 Å². The molecule has 21 heteroatoms. The van der Waals surface area contributed by atoms with Crippen molar-refractivity contribution in [1.82, 2.24) is 29.8 Å². The lowest BCUT2D eigenvalue weighted by molar-refractivity contribution is -0.142. The smallest absolute Gasteiger partial charge is 0.436 e. The van der Waals surface area contributed by atoms with E-state index in [0.717, 1.165) is 28.0 Å². The molecule has 0 saturated heterocycles. The third-order valence-electron chi connectivity index (χ3n) is 6.15. The van der Waals surface area contributed by atoms with Crippen LogP contribution in [-0.2, 0) is 28.0 Å². The van der Waals surface area contributed by atoms with Gasteiger partial charge >= 0.3 is 36.4 Å². The summed E-state index contributed by atoms with van der Waals surface area (Å²) in [4.78, 5) is 33.3. The number of para-hydroxylation sites is 2. The van der Waals surface area contributed by atoms with Gasteiger partial charge in [0.2, 0.25) is 0 Å². The third-order valence-corrected chi connectivity index (χ3v) is 6.15. The number of aromatic nitrogens is 6. The fourth-order valence-corrected chi connectivity index (χ4v) is 3.97. The summed E-state index contributed by atoms with van der Waals surface area (Å²) in [5.74, 6) is -3.74. The van der Waals surface area contributed by atoms with Gasteiger partial charge in [-0.15, -0.1) is 0 Å². The zero-order valence-electron chi connectivity index (χ0n) is 26.5. The predicted molar refractivity (Wildman–Crippen MR) is 160 cm³/mol. The van der Waals surface area contributed by atoms with Gasteiger partial charge in [-0.2, -0.15) is 54.8 Å². The van der Waals surface area contributed by atoms with Crippen molar-refractivity contribution in [2.24, 2.45) is 0 Å². The van der Waals surface area contributed by atoms with Crippen molar-refractivity contribution in [2.45, 2.75) is 32.4 Å². The Labute approximate surface area is 286 Å². The second-order valence-electron chi connectivity index (χ2n) is 9.74. The largest absolute Gasteiger partial charge is 0.478 e. The van der Waals surface area contributed by atoms with Crippen molar-refractivity contribution < 1.29 is 68.5 Å². The van der Waals surface area contributed by atoms with E-state index in [0.29, 0.717) is 11.4 Å². The average Bonchev–Trinajstić information content (AvgIpc) is 3.85. The molecule has 5 aromatic rings. The highest BCUT2D eigenvalue weighted by molar-refractivity contribution is 5.91. The summed E-state index contributed by atoms with van der Waals surface area (Å²) in [5, 5.41) is 20.3. The molecular weight excluding hydrogens is 723 g/mol. The predicted octanol–water partition coefficient (Wildman–Crippen LogP) is 7.26. The number of aromatic carboxylic acids is 1. The Morgan fingerprint density at radius 2 is 1.06 bits per heavy atom. The molecule has 2 N–H and O–H groups in total. The number of rotatable bonds is 7. The maximum atomic E-state index is 12.9. The van der Waals surface area contributed by atoms with Gasteiger partial charge in [-0.25, -0.2) is 23.7 Å². The van der Waals surface area contributed by atoms with Crippen molar-refractivity contribution >= 4 is 17.9 Å². The molecule has 0 unspecified atom stereocenters. The van der Waals surface area contributed by atoms with Gasteiger partial charge in [0.05, 0.1) is 30.8 Å². The van der Waals surface area contributed by atoms with Crippen molar-refractivity contribution in [3.63, 3.8) is 0 Å². The Hall–Kier alpha value is -6.15. The van der Waals surface area contributed by atoms with Crippen molar-refractivity contribution in [3.05, 3.63) is 113 Å². The van der Waals surface area contributed by atoms with Crippen LogP contribution in [0.3, 0.4) is 0 Å². The molecule has 2 aromatic carbocycles. The molecule has 52 heavy (non-hydrogen) atoms. The first-order valence-electron chi connectivity index (χ1n) is 14.4. The fraction of sp³-hybridized carbons (Fsp3) is 0.226. The number of carbonyl (C=O) groups excluding carboxylic acids is 2. The number of nitrogens with zero attached hydrogens (tertiary/aromatic N) is 5. The Morgan fingerprint density at radius 3 is 1.42 bits per heavy atom. The molecule has 3 aromatic heterocycles. The molecule has 0 aliphatic rings. The number of halogens is 9. The minimum atomic E-state index is -4.80. The molecule has 0 bridgehead atoms. The van der Waals surface area contributed by atoms with Crippen LogP contribution in [0.2, 0.25) is 0 Å². The maximum absolute atomic E-state index is 12.9. The van der Waals surface area contributed by atoms with Crippen LogP contribution >= 0.6 is 0 Å². The van der Waals surface area contributed by atoms with Crippen LogP contribution in [-0.4, -0.2) is 66.0 Å². The molecule has 12 nitrogen and oxygen atoms in total. The van der Waals surface area contributed by atoms with Gasteiger partial charge in [0.15, 0.2) is 17.1 Å². The van der Waals surface area contributed by atoms with Crippen LogP contribution in [0.15, 0.2) is 79.3 Å². The fourth-order valence-electron chi connectivity index (χ4n) is 3.97. The number of H-pyrrole nitrogens is 1. The number of benzene rings is 2. The van der Waals surface area contributed by atoms with Crippen molar-refractivity contribution in [2.75, 3.05) is 13.2 Å². The third kappa shape index (κ3) is 10.4. The average molecular weight is 749 g/mol. The number of aromatic amines is 1. The quantitative estimate of drug-likeness (QED) is 0.129. The number of hydrogen-bond acceptors (Lipinski definition) is 8. The van der Waals surface area contributed by atoms with Gasteiger partial charge in [0.25, 0.3) is 0 Å². The SMILES string of the molecule is CCOC(=O)c1cn(-c2ccccc2)nc1C(F)(F)F.CCOC(=O)c1cn[nH]c1C(F)(F)F.O=C(O)c1cn(-c2ccccc2)nc1C(F)(F)F. The highest BCUT2D eigenvalue weighted by Crippen LogP contribution is 2.33.